The van der Waals surface area contributed by atoms with E-state index in [0.717, 1.165) is 17.4 Å². The summed E-state index contributed by atoms with van der Waals surface area (Å²) in [5.74, 6) is -0.0432. The molecule has 0 aromatic carbocycles. The van der Waals surface area contributed by atoms with Crippen LogP contribution < -0.4 is 11.2 Å². The second-order valence-corrected chi connectivity index (χ2v) is 5.64. The molecule has 0 aliphatic heterocycles. The van der Waals surface area contributed by atoms with Gasteiger partial charge < -0.3 is 5.11 Å². The molecule has 1 heterocycles. The zero-order chi connectivity index (χ0) is 15.9. The van der Waals surface area contributed by atoms with E-state index in [1.54, 1.807) is 13.8 Å². The van der Waals surface area contributed by atoms with Gasteiger partial charge in [0.25, 0.3) is 5.56 Å². The molecule has 1 aliphatic rings. The molecule has 2 rings (SSSR count). The van der Waals surface area contributed by atoms with Gasteiger partial charge in [0, 0.05) is 12.2 Å². The fourth-order valence-electron chi connectivity index (χ4n) is 2.16. The first-order chi connectivity index (χ1) is 9.62. The fraction of sp³-hybridized carbons (Fsp3) is 0.692. The van der Waals surface area contributed by atoms with Gasteiger partial charge in [0.15, 0.2) is 0 Å². The lowest BCUT2D eigenvalue weighted by Gasteiger charge is -2.18. The summed E-state index contributed by atoms with van der Waals surface area (Å²) < 4.78 is 40.1. The molecule has 1 unspecified atom stereocenters. The van der Waals surface area contributed by atoms with Crippen molar-refractivity contribution >= 4 is 0 Å². The normalized spacial score (nSPS) is 17.3. The lowest BCUT2D eigenvalue weighted by Crippen LogP contribution is -2.45. The molecule has 0 radical (unpaired) electrons. The molecule has 118 valence electrons. The summed E-state index contributed by atoms with van der Waals surface area (Å²) in [5, 5.41) is 9.83. The summed E-state index contributed by atoms with van der Waals surface area (Å²) in [6.07, 6.45) is -3.75. The van der Waals surface area contributed by atoms with Crippen LogP contribution >= 0.6 is 0 Å². The van der Waals surface area contributed by atoms with E-state index in [0.29, 0.717) is 10.8 Å². The van der Waals surface area contributed by atoms with E-state index in [1.807, 2.05) is 0 Å². The number of halogens is 3. The first-order valence-electron chi connectivity index (χ1n) is 6.74. The molecule has 1 atom stereocenters. The Bertz CT molecular complexity index is 642. The van der Waals surface area contributed by atoms with E-state index >= 15 is 0 Å². The lowest BCUT2D eigenvalue weighted by molar-refractivity contribution is -0.139. The van der Waals surface area contributed by atoms with Crippen LogP contribution in [0.4, 0.5) is 13.2 Å². The highest BCUT2D eigenvalue weighted by Gasteiger charge is 2.37. The van der Waals surface area contributed by atoms with Gasteiger partial charge in [0.2, 0.25) is 0 Å². The Morgan fingerprint density at radius 2 is 1.90 bits per heavy atom. The third-order valence-corrected chi connectivity index (χ3v) is 3.59. The molecule has 5 nitrogen and oxygen atoms in total. The van der Waals surface area contributed by atoms with Gasteiger partial charge in [-0.3, -0.25) is 13.9 Å². The highest BCUT2D eigenvalue weighted by atomic mass is 19.4. The van der Waals surface area contributed by atoms with Gasteiger partial charge in [-0.25, -0.2) is 4.79 Å². The number of hydrogen-bond donors (Lipinski definition) is 1. The Morgan fingerprint density at radius 3 is 2.33 bits per heavy atom. The van der Waals surface area contributed by atoms with Crippen molar-refractivity contribution in [3.63, 3.8) is 0 Å². The minimum atomic E-state index is -4.84. The highest BCUT2D eigenvalue weighted by molar-refractivity contribution is 5.11. The second-order valence-electron chi connectivity index (χ2n) is 5.64. The van der Waals surface area contributed by atoms with Gasteiger partial charge in [0.1, 0.15) is 5.56 Å². The molecule has 0 spiro atoms. The molecule has 1 aromatic heterocycles. The SMILES string of the molecule is CC(C)n1cc(C(F)(F)F)c(=O)n(CC(O)C2CC2)c1=O. The molecular formula is C13H17F3N2O3. The first kappa shape index (κ1) is 15.8. The topological polar surface area (TPSA) is 64.2 Å². The van der Waals surface area contributed by atoms with Crippen LogP contribution in [-0.2, 0) is 12.7 Å². The zero-order valence-corrected chi connectivity index (χ0v) is 11.7. The molecule has 1 aromatic rings. The van der Waals surface area contributed by atoms with Crippen molar-refractivity contribution in [3.8, 4) is 0 Å². The molecular weight excluding hydrogens is 289 g/mol. The molecule has 21 heavy (non-hydrogen) atoms. The molecule has 8 heteroatoms. The number of nitrogens with zero attached hydrogens (tertiary/aromatic N) is 2. The first-order valence-corrected chi connectivity index (χ1v) is 6.74. The van der Waals surface area contributed by atoms with Crippen molar-refractivity contribution in [3.05, 3.63) is 32.6 Å². The van der Waals surface area contributed by atoms with E-state index in [9.17, 15) is 27.9 Å². The second kappa shape index (κ2) is 5.32. The predicted octanol–water partition coefficient (Wildman–Crippen LogP) is 1.38. The van der Waals surface area contributed by atoms with E-state index in [1.165, 1.54) is 0 Å². The maximum absolute atomic E-state index is 12.9. The van der Waals surface area contributed by atoms with Gasteiger partial charge in [-0.1, -0.05) is 0 Å². The molecule has 1 fully saturated rings. The zero-order valence-electron chi connectivity index (χ0n) is 11.7. The highest BCUT2D eigenvalue weighted by Crippen LogP contribution is 2.33. The summed E-state index contributed by atoms with van der Waals surface area (Å²) in [7, 11) is 0. The lowest BCUT2D eigenvalue weighted by atomic mass is 10.2. The van der Waals surface area contributed by atoms with E-state index in [-0.39, 0.29) is 5.92 Å². The van der Waals surface area contributed by atoms with Crippen LogP contribution in [-0.4, -0.2) is 20.3 Å². The largest absolute Gasteiger partial charge is 0.423 e. The number of aliphatic hydroxyl groups excluding tert-OH is 1. The monoisotopic (exact) mass is 306 g/mol. The van der Waals surface area contributed by atoms with Gasteiger partial charge in [-0.15, -0.1) is 0 Å². The van der Waals surface area contributed by atoms with Gasteiger partial charge in [-0.2, -0.15) is 13.2 Å². The number of aliphatic hydroxyl groups is 1. The Kier molecular flexibility index (Phi) is 4.01. The smallest absolute Gasteiger partial charge is 0.391 e. The standard InChI is InChI=1S/C13H17F3N2O3/c1-7(2)17-5-9(13(14,15)16)11(20)18(12(17)21)6-10(19)8-3-4-8/h5,7-8,10,19H,3-4,6H2,1-2H3. The van der Waals surface area contributed by atoms with Crippen LogP contribution in [0, 0.1) is 5.92 Å². The fourth-order valence-corrected chi connectivity index (χ4v) is 2.16. The Labute approximate surface area is 118 Å². The maximum atomic E-state index is 12.9. The van der Waals surface area contributed by atoms with Crippen molar-refractivity contribution in [2.24, 2.45) is 5.92 Å². The van der Waals surface area contributed by atoms with Crippen LogP contribution in [0.1, 0.15) is 38.3 Å². The van der Waals surface area contributed by atoms with Crippen LogP contribution in [0.15, 0.2) is 15.8 Å². The predicted molar refractivity (Wildman–Crippen MR) is 69.1 cm³/mol. The molecule has 0 amide bonds. The molecule has 1 aliphatic carbocycles. The van der Waals surface area contributed by atoms with Crippen LogP contribution in [0.25, 0.3) is 0 Å². The van der Waals surface area contributed by atoms with Crippen LogP contribution in [0.2, 0.25) is 0 Å². The summed E-state index contributed by atoms with van der Waals surface area (Å²) in [6, 6.07) is -0.525. The minimum absolute atomic E-state index is 0.0432. The number of aromatic nitrogens is 2. The number of hydrogen-bond acceptors (Lipinski definition) is 3. The molecule has 1 saturated carbocycles. The quantitative estimate of drug-likeness (QED) is 0.914. The molecule has 0 bridgehead atoms. The van der Waals surface area contributed by atoms with E-state index in [2.05, 4.69) is 0 Å². The Morgan fingerprint density at radius 1 is 1.33 bits per heavy atom. The summed E-state index contributed by atoms with van der Waals surface area (Å²) in [4.78, 5) is 24.0. The third-order valence-electron chi connectivity index (χ3n) is 3.59. The van der Waals surface area contributed by atoms with Crippen molar-refractivity contribution < 1.29 is 18.3 Å². The van der Waals surface area contributed by atoms with Gasteiger partial charge >= 0.3 is 11.9 Å². The number of alkyl halides is 3. The molecule has 0 saturated heterocycles. The summed E-state index contributed by atoms with van der Waals surface area (Å²) >= 11 is 0. The number of rotatable bonds is 4. The van der Waals surface area contributed by atoms with Crippen molar-refractivity contribution in [1.82, 2.24) is 9.13 Å². The molecule has 1 N–H and O–H groups in total. The van der Waals surface area contributed by atoms with Gasteiger partial charge in [0.05, 0.1) is 12.6 Å². The van der Waals surface area contributed by atoms with Gasteiger partial charge in [-0.05, 0) is 32.6 Å². The Hall–Kier alpha value is -1.57. The average Bonchev–Trinajstić information content (AvgIpc) is 3.16. The van der Waals surface area contributed by atoms with E-state index in [4.69, 9.17) is 0 Å². The van der Waals surface area contributed by atoms with E-state index < -0.39 is 41.7 Å². The minimum Gasteiger partial charge on any atom is -0.391 e. The van der Waals surface area contributed by atoms with Crippen LogP contribution in [0.5, 0.6) is 0 Å². The van der Waals surface area contributed by atoms with Crippen LogP contribution in [0.3, 0.4) is 0 Å². The summed E-state index contributed by atoms with van der Waals surface area (Å²) in [6.45, 7) is 2.69. The Balaban J connectivity index is 2.58. The third kappa shape index (κ3) is 3.20. The van der Waals surface area contributed by atoms with Crippen molar-refractivity contribution in [1.29, 1.82) is 0 Å². The average molecular weight is 306 g/mol. The van der Waals surface area contributed by atoms with Crippen molar-refractivity contribution in [2.75, 3.05) is 0 Å². The maximum Gasteiger partial charge on any atom is 0.423 e. The van der Waals surface area contributed by atoms with Crippen molar-refractivity contribution in [2.45, 2.75) is 51.6 Å². The summed E-state index contributed by atoms with van der Waals surface area (Å²) in [5.41, 5.74) is -3.62.